The van der Waals surface area contributed by atoms with Crippen molar-refractivity contribution >= 4 is 23.3 Å². The number of nitro benzene ring substituents is 1. The molecule has 1 N–H and O–H groups in total. The number of nitrogens with one attached hydrogen (secondary N) is 1. The third kappa shape index (κ3) is 4.29. The summed E-state index contributed by atoms with van der Waals surface area (Å²) in [4.78, 5) is 41.0. The topological polar surface area (TPSA) is 124 Å². The van der Waals surface area contributed by atoms with Crippen LogP contribution in [0.5, 0.6) is 0 Å². The molecule has 0 aliphatic rings. The summed E-state index contributed by atoms with van der Waals surface area (Å²) >= 11 is 0. The fourth-order valence-electron chi connectivity index (χ4n) is 1.65. The molecule has 0 saturated heterocycles. The van der Waals surface area contributed by atoms with E-state index in [1.165, 1.54) is 12.4 Å². The molecule has 0 atom stereocenters. The van der Waals surface area contributed by atoms with E-state index in [1.54, 1.807) is 6.92 Å². The molecule has 1 aromatic heterocycles. The van der Waals surface area contributed by atoms with E-state index in [2.05, 4.69) is 15.3 Å². The van der Waals surface area contributed by atoms with E-state index in [0.717, 1.165) is 12.1 Å². The molecule has 0 aliphatic carbocycles. The second kappa shape index (κ2) is 7.22. The molecule has 1 amide bonds. The average molecular weight is 334 g/mol. The zero-order valence-corrected chi connectivity index (χ0v) is 12.4. The Balaban J connectivity index is 1.98. The Kier molecular flexibility index (Phi) is 5.09. The first-order chi connectivity index (χ1) is 11.4. The van der Waals surface area contributed by atoms with Gasteiger partial charge >= 0.3 is 5.97 Å². The summed E-state index contributed by atoms with van der Waals surface area (Å²) in [6.07, 6.45) is 2.55. The van der Waals surface area contributed by atoms with Crippen LogP contribution in [0.2, 0.25) is 0 Å². The molecule has 24 heavy (non-hydrogen) atoms. The number of anilines is 1. The molecular weight excluding hydrogens is 323 g/mol. The van der Waals surface area contributed by atoms with Gasteiger partial charge in [-0.05, 0) is 19.1 Å². The lowest BCUT2D eigenvalue weighted by atomic mass is 10.2. The molecule has 0 spiro atoms. The number of nitrogens with zero attached hydrogens (tertiary/aromatic N) is 3. The highest BCUT2D eigenvalue weighted by Crippen LogP contribution is 2.24. The number of hydrogen-bond acceptors (Lipinski definition) is 7. The van der Waals surface area contributed by atoms with Crippen molar-refractivity contribution in [3.63, 3.8) is 0 Å². The minimum absolute atomic E-state index is 0.0823. The smallest absolute Gasteiger partial charge is 0.359 e. The quantitative estimate of drug-likeness (QED) is 0.500. The van der Waals surface area contributed by atoms with Gasteiger partial charge in [-0.3, -0.25) is 19.9 Å². The number of amides is 1. The Hall–Kier alpha value is -3.43. The number of nitro groups is 1. The van der Waals surface area contributed by atoms with E-state index in [4.69, 9.17) is 4.74 Å². The van der Waals surface area contributed by atoms with E-state index >= 15 is 0 Å². The second-order valence-corrected chi connectivity index (χ2v) is 4.59. The molecule has 10 heteroatoms. The van der Waals surface area contributed by atoms with Crippen LogP contribution in [0.25, 0.3) is 0 Å². The van der Waals surface area contributed by atoms with Crippen LogP contribution < -0.4 is 5.32 Å². The van der Waals surface area contributed by atoms with Crippen molar-refractivity contribution in [2.75, 3.05) is 11.9 Å². The van der Waals surface area contributed by atoms with Crippen LogP contribution in [0.3, 0.4) is 0 Å². The van der Waals surface area contributed by atoms with Gasteiger partial charge in [0.2, 0.25) is 0 Å². The molecule has 2 aromatic rings. The lowest BCUT2D eigenvalue weighted by molar-refractivity contribution is -0.384. The molecule has 0 aliphatic heterocycles. The zero-order valence-electron chi connectivity index (χ0n) is 12.4. The van der Waals surface area contributed by atoms with Gasteiger partial charge in [-0.15, -0.1) is 0 Å². The Morgan fingerprint density at radius 1 is 1.33 bits per heavy atom. The number of ether oxygens (including phenoxy) is 1. The summed E-state index contributed by atoms with van der Waals surface area (Å²) in [5.41, 5.74) is -0.300. The SMILES string of the molecule is Cc1cnc(C(=O)OCC(=O)Nc2ccc(F)cc2[N+](=O)[O-])cn1. The summed E-state index contributed by atoms with van der Waals surface area (Å²) < 4.78 is 17.7. The molecule has 0 saturated carbocycles. The third-order valence-electron chi connectivity index (χ3n) is 2.75. The lowest BCUT2D eigenvalue weighted by Gasteiger charge is -2.07. The van der Waals surface area contributed by atoms with Crippen molar-refractivity contribution < 1.29 is 23.6 Å². The van der Waals surface area contributed by atoms with Crippen LogP contribution in [0.15, 0.2) is 30.6 Å². The van der Waals surface area contributed by atoms with Gasteiger partial charge in [0.15, 0.2) is 12.3 Å². The highest BCUT2D eigenvalue weighted by atomic mass is 19.1. The van der Waals surface area contributed by atoms with Crippen LogP contribution in [0.1, 0.15) is 16.2 Å². The maximum absolute atomic E-state index is 13.0. The summed E-state index contributed by atoms with van der Waals surface area (Å²) in [5.74, 6) is -2.51. The zero-order chi connectivity index (χ0) is 17.7. The number of aryl methyl sites for hydroxylation is 1. The van der Waals surface area contributed by atoms with Crippen LogP contribution in [-0.2, 0) is 9.53 Å². The van der Waals surface area contributed by atoms with Crippen molar-refractivity contribution in [3.05, 3.63) is 57.9 Å². The molecule has 0 unspecified atom stereocenters. The van der Waals surface area contributed by atoms with E-state index in [0.29, 0.717) is 11.8 Å². The summed E-state index contributed by atoms with van der Waals surface area (Å²) in [6, 6.07) is 2.67. The minimum atomic E-state index is -0.869. The molecule has 0 fully saturated rings. The van der Waals surface area contributed by atoms with Crippen LogP contribution in [0.4, 0.5) is 15.8 Å². The van der Waals surface area contributed by atoms with Gasteiger partial charge in [0, 0.05) is 6.20 Å². The Morgan fingerprint density at radius 3 is 2.71 bits per heavy atom. The van der Waals surface area contributed by atoms with Gasteiger partial charge in [0.05, 0.1) is 22.9 Å². The standard InChI is InChI=1S/C14H11FN4O5/c1-8-5-17-11(6-16-8)14(21)24-7-13(20)18-10-3-2-9(15)4-12(10)19(22)23/h2-6H,7H2,1H3,(H,18,20). The summed E-state index contributed by atoms with van der Waals surface area (Å²) in [7, 11) is 0. The normalized spacial score (nSPS) is 10.1. The summed E-state index contributed by atoms with van der Waals surface area (Å²) in [6.45, 7) is 0.994. The van der Waals surface area contributed by atoms with E-state index in [9.17, 15) is 24.1 Å². The number of carbonyl (C=O) groups excluding carboxylic acids is 2. The van der Waals surface area contributed by atoms with Crippen LogP contribution in [0, 0.1) is 22.9 Å². The van der Waals surface area contributed by atoms with Gasteiger partial charge in [-0.1, -0.05) is 0 Å². The number of aromatic nitrogens is 2. The van der Waals surface area contributed by atoms with Crippen molar-refractivity contribution in [2.45, 2.75) is 6.92 Å². The first-order valence-corrected chi connectivity index (χ1v) is 6.56. The molecule has 1 aromatic carbocycles. The van der Waals surface area contributed by atoms with Crippen molar-refractivity contribution in [1.29, 1.82) is 0 Å². The second-order valence-electron chi connectivity index (χ2n) is 4.59. The minimum Gasteiger partial charge on any atom is -0.451 e. The van der Waals surface area contributed by atoms with Gasteiger partial charge in [0.25, 0.3) is 11.6 Å². The number of hydrogen-bond donors (Lipinski definition) is 1. The maximum atomic E-state index is 13.0. The van der Waals surface area contributed by atoms with E-state index in [1.807, 2.05) is 0 Å². The van der Waals surface area contributed by atoms with Gasteiger partial charge in [0.1, 0.15) is 11.5 Å². The highest BCUT2D eigenvalue weighted by molar-refractivity contribution is 5.96. The van der Waals surface area contributed by atoms with Gasteiger partial charge in [-0.2, -0.15) is 0 Å². The number of halogens is 1. The highest BCUT2D eigenvalue weighted by Gasteiger charge is 2.18. The molecule has 0 bridgehead atoms. The van der Waals surface area contributed by atoms with Crippen molar-refractivity contribution in [2.24, 2.45) is 0 Å². The number of benzene rings is 1. The Labute approximate surface area is 134 Å². The number of rotatable bonds is 5. The largest absolute Gasteiger partial charge is 0.451 e. The lowest BCUT2D eigenvalue weighted by Crippen LogP contribution is -2.22. The van der Waals surface area contributed by atoms with E-state index in [-0.39, 0.29) is 11.4 Å². The third-order valence-corrected chi connectivity index (χ3v) is 2.75. The first kappa shape index (κ1) is 16.9. The number of esters is 1. The molecule has 9 nitrogen and oxygen atoms in total. The average Bonchev–Trinajstić information content (AvgIpc) is 2.54. The molecule has 124 valence electrons. The van der Waals surface area contributed by atoms with Crippen LogP contribution in [-0.4, -0.2) is 33.4 Å². The number of carbonyl (C=O) groups is 2. The van der Waals surface area contributed by atoms with Crippen molar-refractivity contribution in [3.8, 4) is 0 Å². The first-order valence-electron chi connectivity index (χ1n) is 6.56. The monoisotopic (exact) mass is 334 g/mol. The maximum Gasteiger partial charge on any atom is 0.359 e. The van der Waals surface area contributed by atoms with Crippen molar-refractivity contribution in [1.82, 2.24) is 9.97 Å². The summed E-state index contributed by atoms with van der Waals surface area (Å²) in [5, 5.41) is 13.0. The predicted octanol–water partition coefficient (Wildman–Crippen LogP) is 1.63. The Morgan fingerprint density at radius 2 is 2.08 bits per heavy atom. The van der Waals surface area contributed by atoms with Gasteiger partial charge in [-0.25, -0.2) is 14.2 Å². The van der Waals surface area contributed by atoms with Gasteiger partial charge < -0.3 is 10.1 Å². The van der Waals surface area contributed by atoms with E-state index < -0.39 is 34.9 Å². The molecule has 2 rings (SSSR count). The van der Waals surface area contributed by atoms with Crippen LogP contribution >= 0.6 is 0 Å². The molecule has 1 heterocycles. The molecule has 0 radical (unpaired) electrons. The predicted molar refractivity (Wildman–Crippen MR) is 78.7 cm³/mol. The fourth-order valence-corrected chi connectivity index (χ4v) is 1.65. The fraction of sp³-hybridized carbons (Fsp3) is 0.143. The Bertz CT molecular complexity index is 794. The molecular formula is C14H11FN4O5.